The Morgan fingerprint density at radius 1 is 1.38 bits per heavy atom. The maximum atomic E-state index is 12.4. The molecule has 3 rings (SSSR count). The first kappa shape index (κ1) is 14.4. The summed E-state index contributed by atoms with van der Waals surface area (Å²) in [5, 5.41) is 0.417. The summed E-state index contributed by atoms with van der Waals surface area (Å²) in [6.07, 6.45) is 2.99. The fourth-order valence-corrected chi connectivity index (χ4v) is 4.68. The monoisotopic (exact) mass is 339 g/mol. The van der Waals surface area contributed by atoms with Gasteiger partial charge in [0.2, 0.25) is 0 Å². The second-order valence-corrected chi connectivity index (χ2v) is 7.95. The number of nitrogens with one attached hydrogen (secondary N) is 1. The van der Waals surface area contributed by atoms with Crippen molar-refractivity contribution in [2.45, 2.75) is 24.2 Å². The smallest absolute Gasteiger partial charge is 0.263 e. The van der Waals surface area contributed by atoms with Crippen LogP contribution >= 0.6 is 23.6 Å². The van der Waals surface area contributed by atoms with Crippen molar-refractivity contribution in [3.8, 4) is 0 Å². The molecule has 0 bridgehead atoms. The van der Waals surface area contributed by atoms with Crippen molar-refractivity contribution < 1.29 is 8.42 Å². The Morgan fingerprint density at radius 3 is 2.90 bits per heavy atom. The van der Waals surface area contributed by atoms with Gasteiger partial charge in [-0.1, -0.05) is 24.4 Å². The SMILES string of the molecule is NC(=S)c1cccc(S(=O)(=O)Nc2nc3c(s2)CCC3)c1. The third-order valence-corrected chi connectivity index (χ3v) is 6.02. The number of nitrogens with zero attached hydrogens (tertiary/aromatic N) is 1. The summed E-state index contributed by atoms with van der Waals surface area (Å²) in [4.78, 5) is 5.80. The topological polar surface area (TPSA) is 85.1 Å². The summed E-state index contributed by atoms with van der Waals surface area (Å²) < 4.78 is 27.3. The highest BCUT2D eigenvalue weighted by molar-refractivity contribution is 7.93. The molecule has 1 aromatic heterocycles. The molecule has 2 aromatic rings. The van der Waals surface area contributed by atoms with Crippen molar-refractivity contribution in [2.75, 3.05) is 4.72 Å². The molecule has 8 heteroatoms. The predicted octanol–water partition coefficient (Wildman–Crippen LogP) is 2.07. The van der Waals surface area contributed by atoms with Crippen LogP contribution in [0.2, 0.25) is 0 Å². The van der Waals surface area contributed by atoms with E-state index in [1.807, 2.05) is 0 Å². The first-order valence-electron chi connectivity index (χ1n) is 6.37. The van der Waals surface area contributed by atoms with E-state index in [0.29, 0.717) is 10.7 Å². The van der Waals surface area contributed by atoms with Crippen LogP contribution in [0.15, 0.2) is 29.2 Å². The normalized spacial score (nSPS) is 13.9. The quantitative estimate of drug-likeness (QED) is 0.833. The van der Waals surface area contributed by atoms with Gasteiger partial charge in [0, 0.05) is 10.4 Å². The van der Waals surface area contributed by atoms with Gasteiger partial charge in [-0.3, -0.25) is 4.72 Å². The number of sulfonamides is 1. The Kier molecular flexibility index (Phi) is 3.68. The van der Waals surface area contributed by atoms with Crippen molar-refractivity contribution in [1.29, 1.82) is 0 Å². The zero-order valence-electron chi connectivity index (χ0n) is 11.0. The van der Waals surface area contributed by atoms with E-state index < -0.39 is 10.0 Å². The second-order valence-electron chi connectivity index (χ2n) is 4.74. The minimum atomic E-state index is -3.67. The van der Waals surface area contributed by atoms with Crippen molar-refractivity contribution in [3.63, 3.8) is 0 Å². The van der Waals surface area contributed by atoms with Crippen LogP contribution in [0.1, 0.15) is 22.6 Å². The highest BCUT2D eigenvalue weighted by atomic mass is 32.2. The fraction of sp³-hybridized carbons (Fsp3) is 0.231. The number of hydrogen-bond donors (Lipinski definition) is 2. The molecule has 0 amide bonds. The molecular formula is C13H13N3O2S3. The van der Waals surface area contributed by atoms with Crippen molar-refractivity contribution in [3.05, 3.63) is 40.4 Å². The highest BCUT2D eigenvalue weighted by Crippen LogP contribution is 2.31. The highest BCUT2D eigenvalue weighted by Gasteiger charge is 2.21. The lowest BCUT2D eigenvalue weighted by Crippen LogP contribution is -2.15. The standard InChI is InChI=1S/C13H13N3O2S3/c14-12(19)8-3-1-4-9(7-8)21(17,18)16-13-15-10-5-2-6-11(10)20-13/h1,3-4,7H,2,5-6H2,(H2,14,19)(H,15,16). The first-order chi connectivity index (χ1) is 9.95. The Labute approximate surface area is 132 Å². The van der Waals surface area contributed by atoms with E-state index in [9.17, 15) is 8.42 Å². The van der Waals surface area contributed by atoms with Crippen LogP contribution in [-0.4, -0.2) is 18.4 Å². The number of anilines is 1. The van der Waals surface area contributed by atoms with E-state index >= 15 is 0 Å². The molecule has 0 atom stereocenters. The lowest BCUT2D eigenvalue weighted by atomic mass is 10.2. The zero-order valence-corrected chi connectivity index (χ0v) is 13.4. The Morgan fingerprint density at radius 2 is 2.19 bits per heavy atom. The number of thiocarbonyl (C=S) groups is 1. The van der Waals surface area contributed by atoms with Gasteiger partial charge in [0.25, 0.3) is 10.0 Å². The summed E-state index contributed by atoms with van der Waals surface area (Å²) >= 11 is 6.27. The van der Waals surface area contributed by atoms with Gasteiger partial charge >= 0.3 is 0 Å². The molecule has 0 unspecified atom stereocenters. The molecule has 0 aliphatic heterocycles. The average molecular weight is 339 g/mol. The minimum Gasteiger partial charge on any atom is -0.389 e. The van der Waals surface area contributed by atoms with Crippen LogP contribution in [0.25, 0.3) is 0 Å². The minimum absolute atomic E-state index is 0.128. The molecule has 1 aromatic carbocycles. The molecule has 0 saturated carbocycles. The third kappa shape index (κ3) is 2.92. The van der Waals surface area contributed by atoms with Gasteiger partial charge in [-0.05, 0) is 31.4 Å². The summed E-state index contributed by atoms with van der Waals surface area (Å²) in [7, 11) is -3.67. The molecule has 110 valence electrons. The number of fused-ring (bicyclic) bond motifs is 1. The molecule has 1 aliphatic rings. The molecule has 1 heterocycles. The number of nitrogens with two attached hydrogens (primary N) is 1. The van der Waals surface area contributed by atoms with Crippen LogP contribution < -0.4 is 10.5 Å². The van der Waals surface area contributed by atoms with Crippen molar-refractivity contribution in [1.82, 2.24) is 4.98 Å². The van der Waals surface area contributed by atoms with Gasteiger partial charge in [-0.2, -0.15) is 0 Å². The lowest BCUT2D eigenvalue weighted by Gasteiger charge is -2.06. The Bertz CT molecular complexity index is 790. The van der Waals surface area contributed by atoms with Crippen LogP contribution in [0, 0.1) is 0 Å². The number of aryl methyl sites for hydroxylation is 2. The van der Waals surface area contributed by atoms with E-state index in [1.165, 1.54) is 28.3 Å². The number of rotatable bonds is 4. The van der Waals surface area contributed by atoms with Crippen LogP contribution in [0.4, 0.5) is 5.13 Å². The molecular weight excluding hydrogens is 326 g/mol. The molecule has 1 aliphatic carbocycles. The lowest BCUT2D eigenvalue weighted by molar-refractivity contribution is 0.601. The summed E-state index contributed by atoms with van der Waals surface area (Å²) in [5.41, 5.74) is 7.06. The van der Waals surface area contributed by atoms with Crippen molar-refractivity contribution >= 4 is 43.7 Å². The average Bonchev–Trinajstić information content (AvgIpc) is 2.99. The Hall–Kier alpha value is -1.51. The molecule has 21 heavy (non-hydrogen) atoms. The largest absolute Gasteiger partial charge is 0.389 e. The van der Waals surface area contributed by atoms with Gasteiger partial charge < -0.3 is 5.73 Å². The van der Waals surface area contributed by atoms with Crippen LogP contribution in [0.3, 0.4) is 0 Å². The third-order valence-electron chi connectivity index (χ3n) is 3.25. The fourth-order valence-electron chi connectivity index (χ4n) is 2.22. The zero-order chi connectivity index (χ0) is 15.0. The van der Waals surface area contributed by atoms with E-state index in [-0.39, 0.29) is 9.88 Å². The number of benzene rings is 1. The molecule has 3 N–H and O–H groups in total. The number of thiazole rings is 1. The molecule has 0 spiro atoms. The van der Waals surface area contributed by atoms with Gasteiger partial charge in [0.05, 0.1) is 10.6 Å². The van der Waals surface area contributed by atoms with Gasteiger partial charge in [-0.15, -0.1) is 11.3 Å². The predicted molar refractivity (Wildman–Crippen MR) is 87.3 cm³/mol. The van der Waals surface area contributed by atoms with Crippen molar-refractivity contribution in [2.24, 2.45) is 5.73 Å². The Balaban J connectivity index is 1.89. The van der Waals surface area contributed by atoms with Gasteiger partial charge in [0.15, 0.2) is 5.13 Å². The second kappa shape index (κ2) is 5.36. The molecule has 5 nitrogen and oxygen atoms in total. The molecule has 0 radical (unpaired) electrons. The van der Waals surface area contributed by atoms with Gasteiger partial charge in [-0.25, -0.2) is 13.4 Å². The summed E-state index contributed by atoms with van der Waals surface area (Å²) in [6.45, 7) is 0. The van der Waals surface area contributed by atoms with Crippen LogP contribution in [-0.2, 0) is 22.9 Å². The van der Waals surface area contributed by atoms with Crippen LogP contribution in [0.5, 0.6) is 0 Å². The maximum absolute atomic E-state index is 12.4. The first-order valence-corrected chi connectivity index (χ1v) is 9.08. The molecule has 0 fully saturated rings. The maximum Gasteiger partial charge on any atom is 0.263 e. The summed E-state index contributed by atoms with van der Waals surface area (Å²) in [6, 6.07) is 6.27. The summed E-state index contributed by atoms with van der Waals surface area (Å²) in [5.74, 6) is 0. The van der Waals surface area contributed by atoms with E-state index in [2.05, 4.69) is 9.71 Å². The van der Waals surface area contributed by atoms with Gasteiger partial charge in [0.1, 0.15) is 4.99 Å². The molecule has 0 saturated heterocycles. The number of aromatic nitrogens is 1. The van der Waals surface area contributed by atoms with E-state index in [1.54, 1.807) is 12.1 Å². The van der Waals surface area contributed by atoms with E-state index in [4.69, 9.17) is 18.0 Å². The van der Waals surface area contributed by atoms with E-state index in [0.717, 1.165) is 25.0 Å². The number of hydrogen-bond acceptors (Lipinski definition) is 5.